The van der Waals surface area contributed by atoms with Gasteiger partial charge in [0.15, 0.2) is 9.84 Å². The van der Waals surface area contributed by atoms with E-state index in [4.69, 9.17) is 0 Å². The van der Waals surface area contributed by atoms with Crippen molar-refractivity contribution in [3.05, 3.63) is 78.4 Å². The normalized spacial score (nSPS) is 11.6. The van der Waals surface area contributed by atoms with Crippen LogP contribution < -0.4 is 5.32 Å². The highest BCUT2D eigenvalue weighted by atomic mass is 32.2. The van der Waals surface area contributed by atoms with Crippen molar-refractivity contribution >= 4 is 15.7 Å². The predicted molar refractivity (Wildman–Crippen MR) is 119 cm³/mol. The highest BCUT2D eigenvalue weighted by molar-refractivity contribution is 7.92. The van der Waals surface area contributed by atoms with Crippen molar-refractivity contribution in [2.75, 3.05) is 11.5 Å². The van der Waals surface area contributed by atoms with Gasteiger partial charge in [0, 0.05) is 25.5 Å². The maximum atomic E-state index is 12.2. The van der Waals surface area contributed by atoms with E-state index >= 15 is 0 Å². The third-order valence-electron chi connectivity index (χ3n) is 4.62. The summed E-state index contributed by atoms with van der Waals surface area (Å²) in [5.41, 5.74) is 4.16. The molecular weight excluding hydrogens is 398 g/mol. The zero-order chi connectivity index (χ0) is 21.6. The Kier molecular flexibility index (Phi) is 7.05. The van der Waals surface area contributed by atoms with Crippen LogP contribution in [0.25, 0.3) is 11.1 Å². The molecular formula is C23H27N3O3S. The van der Waals surface area contributed by atoms with Gasteiger partial charge in [-0.3, -0.25) is 4.79 Å². The molecule has 0 unspecified atom stereocenters. The number of carbonyl (C=O) groups is 1. The van der Waals surface area contributed by atoms with E-state index in [9.17, 15) is 13.2 Å². The van der Waals surface area contributed by atoms with Gasteiger partial charge in [-0.2, -0.15) is 0 Å². The highest BCUT2D eigenvalue weighted by Crippen LogP contribution is 2.24. The topological polar surface area (TPSA) is 81.1 Å². The average Bonchev–Trinajstić information content (AvgIpc) is 3.19. The molecule has 0 radical (unpaired) electrons. The maximum absolute atomic E-state index is 12.2. The molecule has 3 rings (SSSR count). The number of imidazole rings is 1. The lowest BCUT2D eigenvalue weighted by molar-refractivity contribution is -0.118. The number of carbonyl (C=O) groups excluding carboxylic acids is 1. The van der Waals surface area contributed by atoms with E-state index in [0.717, 1.165) is 28.8 Å². The van der Waals surface area contributed by atoms with Gasteiger partial charge in [-0.1, -0.05) is 62.4 Å². The smallest absolute Gasteiger partial charge is 0.235 e. The number of hydrogen-bond donors (Lipinski definition) is 1. The second-order valence-electron chi connectivity index (χ2n) is 7.81. The van der Waals surface area contributed by atoms with Crippen LogP contribution in [0.5, 0.6) is 0 Å². The Morgan fingerprint density at radius 2 is 1.83 bits per heavy atom. The first-order valence-electron chi connectivity index (χ1n) is 9.92. The van der Waals surface area contributed by atoms with Gasteiger partial charge >= 0.3 is 0 Å². The van der Waals surface area contributed by atoms with Gasteiger partial charge in [-0.05, 0) is 28.2 Å². The van der Waals surface area contributed by atoms with Gasteiger partial charge in [0.2, 0.25) is 5.91 Å². The molecule has 0 aliphatic heterocycles. The fourth-order valence-corrected chi connectivity index (χ4v) is 4.98. The number of amides is 1. The summed E-state index contributed by atoms with van der Waals surface area (Å²) in [7, 11) is -3.39. The molecule has 7 heteroatoms. The number of hydrogen-bond acceptors (Lipinski definition) is 4. The molecule has 2 aromatic carbocycles. The van der Waals surface area contributed by atoms with Crippen LogP contribution in [0.3, 0.4) is 0 Å². The Labute approximate surface area is 177 Å². The van der Waals surface area contributed by atoms with Crippen molar-refractivity contribution in [2.45, 2.75) is 26.9 Å². The number of sulfone groups is 1. The summed E-state index contributed by atoms with van der Waals surface area (Å²) in [5, 5.41) is 2.75. The molecule has 3 aromatic rings. The Hall–Kier alpha value is -2.93. The summed E-state index contributed by atoms with van der Waals surface area (Å²) in [5.74, 6) is -0.931. The number of aromatic nitrogens is 2. The van der Waals surface area contributed by atoms with Gasteiger partial charge < -0.3 is 9.88 Å². The molecule has 158 valence electrons. The predicted octanol–water partition coefficient (Wildman–Crippen LogP) is 3.29. The maximum Gasteiger partial charge on any atom is 0.235 e. The highest BCUT2D eigenvalue weighted by Gasteiger charge is 2.18. The molecule has 1 N–H and O–H groups in total. The third kappa shape index (κ3) is 6.29. The van der Waals surface area contributed by atoms with E-state index in [2.05, 4.69) is 34.6 Å². The number of nitrogens with zero attached hydrogens (tertiary/aromatic N) is 2. The Morgan fingerprint density at radius 3 is 2.50 bits per heavy atom. The number of benzene rings is 2. The minimum absolute atomic E-state index is 0.000253. The summed E-state index contributed by atoms with van der Waals surface area (Å²) < 4.78 is 26.1. The standard InChI is InChI=1S/C23H27N3O3S/c1-18(2)15-30(28,29)16-23(27)25-13-21-5-3-4-6-22(21)20-9-7-19(8-10-20)14-26-12-11-24-17-26/h3-12,17-18H,13-16H2,1-2H3,(H,25,27). The minimum atomic E-state index is -3.39. The molecule has 0 aliphatic carbocycles. The van der Waals surface area contributed by atoms with Crippen molar-refractivity contribution in [2.24, 2.45) is 5.92 Å². The van der Waals surface area contributed by atoms with Gasteiger partial charge in [-0.25, -0.2) is 13.4 Å². The Morgan fingerprint density at radius 1 is 1.10 bits per heavy atom. The quantitative estimate of drug-likeness (QED) is 0.570. The van der Waals surface area contributed by atoms with Crippen LogP contribution in [-0.4, -0.2) is 35.4 Å². The van der Waals surface area contributed by atoms with Crippen LogP contribution in [0, 0.1) is 5.92 Å². The van der Waals surface area contributed by atoms with E-state index in [1.54, 1.807) is 12.5 Å². The second-order valence-corrected chi connectivity index (χ2v) is 9.92. The molecule has 6 nitrogen and oxygen atoms in total. The first kappa shape index (κ1) is 21.8. The summed E-state index contributed by atoms with van der Waals surface area (Å²) in [4.78, 5) is 16.2. The summed E-state index contributed by atoms with van der Waals surface area (Å²) in [6.45, 7) is 4.69. The van der Waals surface area contributed by atoms with E-state index < -0.39 is 21.5 Å². The molecule has 0 spiro atoms. The lowest BCUT2D eigenvalue weighted by atomic mass is 9.98. The second kappa shape index (κ2) is 9.71. The molecule has 0 atom stereocenters. The molecule has 1 aromatic heterocycles. The van der Waals surface area contributed by atoms with Crippen LogP contribution in [0.15, 0.2) is 67.3 Å². The van der Waals surface area contributed by atoms with E-state index in [1.165, 1.54) is 0 Å². The number of rotatable bonds is 9. The molecule has 0 fully saturated rings. The van der Waals surface area contributed by atoms with Gasteiger partial charge in [-0.15, -0.1) is 0 Å². The third-order valence-corrected chi connectivity index (χ3v) is 6.50. The lowest BCUT2D eigenvalue weighted by Crippen LogP contribution is -2.31. The van der Waals surface area contributed by atoms with E-state index in [1.807, 2.05) is 48.9 Å². The van der Waals surface area contributed by atoms with Crippen LogP contribution in [0.2, 0.25) is 0 Å². The SMILES string of the molecule is CC(C)CS(=O)(=O)CC(=O)NCc1ccccc1-c1ccc(Cn2ccnc2)cc1. The molecule has 0 bridgehead atoms. The molecule has 1 heterocycles. The zero-order valence-electron chi connectivity index (χ0n) is 17.3. The fourth-order valence-electron chi connectivity index (χ4n) is 3.35. The molecule has 30 heavy (non-hydrogen) atoms. The zero-order valence-corrected chi connectivity index (χ0v) is 18.1. The molecule has 0 aliphatic rings. The van der Waals surface area contributed by atoms with Gasteiger partial charge in [0.1, 0.15) is 5.75 Å². The fraction of sp³-hybridized carbons (Fsp3) is 0.304. The van der Waals surface area contributed by atoms with Crippen LogP contribution in [-0.2, 0) is 27.7 Å². The summed E-state index contributed by atoms with van der Waals surface area (Å²) in [6.07, 6.45) is 5.47. The lowest BCUT2D eigenvalue weighted by Gasteiger charge is -2.12. The minimum Gasteiger partial charge on any atom is -0.351 e. The van der Waals surface area contributed by atoms with Gasteiger partial charge in [0.05, 0.1) is 12.1 Å². The Balaban J connectivity index is 1.66. The van der Waals surface area contributed by atoms with Gasteiger partial charge in [0.25, 0.3) is 0 Å². The van der Waals surface area contributed by atoms with Crippen molar-refractivity contribution < 1.29 is 13.2 Å². The first-order valence-corrected chi connectivity index (χ1v) is 11.7. The summed E-state index contributed by atoms with van der Waals surface area (Å²) in [6, 6.07) is 16.1. The van der Waals surface area contributed by atoms with Crippen molar-refractivity contribution in [3.8, 4) is 11.1 Å². The largest absolute Gasteiger partial charge is 0.351 e. The van der Waals surface area contributed by atoms with Crippen molar-refractivity contribution in [3.63, 3.8) is 0 Å². The van der Waals surface area contributed by atoms with E-state index in [-0.39, 0.29) is 18.2 Å². The van der Waals surface area contributed by atoms with Crippen molar-refractivity contribution in [1.29, 1.82) is 0 Å². The molecule has 1 amide bonds. The molecule has 0 saturated carbocycles. The monoisotopic (exact) mass is 425 g/mol. The van der Waals surface area contributed by atoms with Crippen LogP contribution >= 0.6 is 0 Å². The summed E-state index contributed by atoms with van der Waals surface area (Å²) >= 11 is 0. The van der Waals surface area contributed by atoms with Crippen LogP contribution in [0.4, 0.5) is 0 Å². The van der Waals surface area contributed by atoms with Crippen molar-refractivity contribution in [1.82, 2.24) is 14.9 Å². The first-order chi connectivity index (χ1) is 14.3. The number of nitrogens with one attached hydrogen (secondary N) is 1. The average molecular weight is 426 g/mol. The molecule has 0 saturated heterocycles. The van der Waals surface area contributed by atoms with E-state index in [0.29, 0.717) is 0 Å². The van der Waals surface area contributed by atoms with Crippen LogP contribution in [0.1, 0.15) is 25.0 Å². The Bertz CT molecular complexity index is 1070.